The lowest BCUT2D eigenvalue weighted by molar-refractivity contribution is 0.0761. The Bertz CT molecular complexity index is 1060. The van der Waals surface area contributed by atoms with Gasteiger partial charge in [0.15, 0.2) is 0 Å². The molecule has 0 saturated carbocycles. The van der Waals surface area contributed by atoms with Crippen LogP contribution in [0.2, 0.25) is 0 Å². The van der Waals surface area contributed by atoms with E-state index in [1.54, 1.807) is 11.3 Å². The molecule has 5 rings (SSSR count). The van der Waals surface area contributed by atoms with Gasteiger partial charge in [-0.3, -0.25) is 9.69 Å². The Labute approximate surface area is 186 Å². The van der Waals surface area contributed by atoms with Crippen LogP contribution in [0.5, 0.6) is 0 Å². The molecule has 0 unspecified atom stereocenters. The van der Waals surface area contributed by atoms with Crippen molar-refractivity contribution in [1.82, 2.24) is 19.4 Å². The number of carbonyl (C=O) groups excluding carboxylic acids is 1. The highest BCUT2D eigenvalue weighted by atomic mass is 32.1. The number of nitrogens with zero attached hydrogens (tertiary/aromatic N) is 5. The van der Waals surface area contributed by atoms with E-state index in [1.807, 2.05) is 30.1 Å². The molecule has 0 bridgehead atoms. The molecular weight excluding hydrogens is 410 g/mol. The molecule has 3 aromatic rings. The number of imidazole rings is 1. The third-order valence-corrected chi connectivity index (χ3v) is 7.25. The van der Waals surface area contributed by atoms with Crippen LogP contribution < -0.4 is 4.90 Å². The molecule has 0 spiro atoms. The fourth-order valence-electron chi connectivity index (χ4n) is 4.66. The molecule has 164 valence electrons. The number of hydrogen-bond acceptors (Lipinski definition) is 6. The van der Waals surface area contributed by atoms with Crippen LogP contribution in [0.15, 0.2) is 35.7 Å². The molecule has 1 aromatic carbocycles. The number of hydrogen-bond donors (Lipinski definition) is 1. The van der Waals surface area contributed by atoms with Gasteiger partial charge in [0.1, 0.15) is 0 Å². The third-order valence-electron chi connectivity index (χ3n) is 6.39. The van der Waals surface area contributed by atoms with Crippen molar-refractivity contribution in [3.05, 3.63) is 46.2 Å². The van der Waals surface area contributed by atoms with E-state index in [0.717, 1.165) is 69.1 Å². The lowest BCUT2D eigenvalue weighted by atomic mass is 10.1. The standard InChI is InChI=1S/C23H29N5O2S/c1-25-21-6-5-17(14-20(21)24-23(25)28-10-7-18(29)15-28)22(30)27-9-3-8-26(11-12-27)16-19-4-2-13-31-19/h2,4-6,13-14,18,29H,3,7-12,15-16H2,1H3/t18-/m0/s1. The van der Waals surface area contributed by atoms with Crippen LogP contribution in [0.3, 0.4) is 0 Å². The van der Waals surface area contributed by atoms with Crippen LogP contribution in [0, 0.1) is 0 Å². The van der Waals surface area contributed by atoms with E-state index in [9.17, 15) is 9.90 Å². The van der Waals surface area contributed by atoms with Crippen molar-refractivity contribution < 1.29 is 9.90 Å². The molecule has 2 saturated heterocycles. The van der Waals surface area contributed by atoms with Crippen LogP contribution in [-0.2, 0) is 13.6 Å². The van der Waals surface area contributed by atoms with E-state index >= 15 is 0 Å². The van der Waals surface area contributed by atoms with Crippen molar-refractivity contribution >= 4 is 34.2 Å². The number of aliphatic hydroxyl groups excluding tert-OH is 1. The number of β-amino-alcohol motifs (C(OH)–C–C–N with tert-alkyl or cyclic N) is 1. The lowest BCUT2D eigenvalue weighted by Gasteiger charge is -2.21. The molecule has 0 radical (unpaired) electrons. The molecular formula is C23H29N5O2S. The topological polar surface area (TPSA) is 64.8 Å². The first-order chi connectivity index (χ1) is 15.1. The summed E-state index contributed by atoms with van der Waals surface area (Å²) >= 11 is 1.79. The number of benzene rings is 1. The van der Waals surface area contributed by atoms with E-state index in [4.69, 9.17) is 4.98 Å². The second-order valence-corrected chi connectivity index (χ2v) is 9.60. The minimum atomic E-state index is -0.292. The highest BCUT2D eigenvalue weighted by molar-refractivity contribution is 7.09. The van der Waals surface area contributed by atoms with Gasteiger partial charge in [0, 0.05) is 63.3 Å². The van der Waals surface area contributed by atoms with Gasteiger partial charge in [0.25, 0.3) is 5.91 Å². The molecule has 1 N–H and O–H groups in total. The van der Waals surface area contributed by atoms with Gasteiger partial charge in [-0.1, -0.05) is 6.07 Å². The molecule has 2 aromatic heterocycles. The predicted molar refractivity (Wildman–Crippen MR) is 124 cm³/mol. The average Bonchev–Trinajstić information content (AvgIpc) is 3.46. The Hall–Kier alpha value is -2.42. The molecule has 2 aliphatic rings. The average molecular weight is 440 g/mol. The Morgan fingerprint density at radius 3 is 2.87 bits per heavy atom. The first kappa shape index (κ1) is 20.5. The minimum absolute atomic E-state index is 0.0867. The number of carbonyl (C=O) groups is 1. The van der Waals surface area contributed by atoms with E-state index in [1.165, 1.54) is 4.88 Å². The number of fused-ring (bicyclic) bond motifs is 1. The smallest absolute Gasteiger partial charge is 0.253 e. The maximum Gasteiger partial charge on any atom is 0.253 e. The maximum atomic E-state index is 13.2. The summed E-state index contributed by atoms with van der Waals surface area (Å²) in [5.74, 6) is 0.943. The molecule has 1 atom stereocenters. The van der Waals surface area contributed by atoms with Gasteiger partial charge >= 0.3 is 0 Å². The lowest BCUT2D eigenvalue weighted by Crippen LogP contribution is -2.35. The van der Waals surface area contributed by atoms with E-state index in [-0.39, 0.29) is 12.0 Å². The van der Waals surface area contributed by atoms with Gasteiger partial charge in [0.2, 0.25) is 5.95 Å². The number of rotatable bonds is 4. The summed E-state index contributed by atoms with van der Waals surface area (Å²) in [5.41, 5.74) is 2.54. The van der Waals surface area contributed by atoms with Crippen LogP contribution in [0.1, 0.15) is 28.1 Å². The fraction of sp³-hybridized carbons (Fsp3) is 0.478. The van der Waals surface area contributed by atoms with Crippen molar-refractivity contribution in [2.75, 3.05) is 44.2 Å². The highest BCUT2D eigenvalue weighted by Gasteiger charge is 2.25. The van der Waals surface area contributed by atoms with Crippen LogP contribution in [0.25, 0.3) is 11.0 Å². The molecule has 8 heteroatoms. The van der Waals surface area contributed by atoms with Gasteiger partial charge in [-0.25, -0.2) is 4.98 Å². The summed E-state index contributed by atoms with van der Waals surface area (Å²) < 4.78 is 2.05. The number of aromatic nitrogens is 2. The molecule has 0 aliphatic carbocycles. The second kappa shape index (κ2) is 8.61. The molecule has 1 amide bonds. The third kappa shape index (κ3) is 4.20. The number of thiophene rings is 1. The van der Waals surface area contributed by atoms with Gasteiger partial charge in [-0.15, -0.1) is 11.3 Å². The number of aliphatic hydroxyl groups is 1. The van der Waals surface area contributed by atoms with E-state index in [2.05, 4.69) is 31.9 Å². The minimum Gasteiger partial charge on any atom is -0.391 e. The molecule has 2 fully saturated rings. The second-order valence-electron chi connectivity index (χ2n) is 8.56. The van der Waals surface area contributed by atoms with Crippen LogP contribution >= 0.6 is 11.3 Å². The molecule has 7 nitrogen and oxygen atoms in total. The molecule has 2 aliphatic heterocycles. The normalized spacial score (nSPS) is 20.5. The Morgan fingerprint density at radius 1 is 1.19 bits per heavy atom. The summed E-state index contributed by atoms with van der Waals surface area (Å²) in [4.78, 5) is 25.9. The first-order valence-electron chi connectivity index (χ1n) is 11.0. The number of amides is 1. The summed E-state index contributed by atoms with van der Waals surface area (Å²) in [5, 5.41) is 12.0. The summed E-state index contributed by atoms with van der Waals surface area (Å²) in [6.07, 6.45) is 1.47. The summed E-state index contributed by atoms with van der Waals surface area (Å²) in [6, 6.07) is 10.1. The Balaban J connectivity index is 1.30. The van der Waals surface area contributed by atoms with Crippen LogP contribution in [0.4, 0.5) is 5.95 Å². The Kier molecular flexibility index (Phi) is 5.69. The predicted octanol–water partition coefficient (Wildman–Crippen LogP) is 2.55. The first-order valence-corrected chi connectivity index (χ1v) is 11.9. The van der Waals surface area contributed by atoms with Gasteiger partial charge in [0.05, 0.1) is 17.1 Å². The van der Waals surface area contributed by atoms with Crippen molar-refractivity contribution in [1.29, 1.82) is 0 Å². The van der Waals surface area contributed by atoms with Crippen molar-refractivity contribution in [2.24, 2.45) is 7.05 Å². The summed E-state index contributed by atoms with van der Waals surface area (Å²) in [6.45, 7) is 5.84. The zero-order chi connectivity index (χ0) is 21.4. The van der Waals surface area contributed by atoms with Gasteiger partial charge in [-0.05, 0) is 42.5 Å². The summed E-state index contributed by atoms with van der Waals surface area (Å²) in [7, 11) is 1.99. The quantitative estimate of drug-likeness (QED) is 0.677. The van der Waals surface area contributed by atoms with Crippen LogP contribution in [-0.4, -0.2) is 75.7 Å². The van der Waals surface area contributed by atoms with Crippen molar-refractivity contribution in [2.45, 2.75) is 25.5 Å². The number of aryl methyl sites for hydroxylation is 1. The van der Waals surface area contributed by atoms with Gasteiger partial charge < -0.3 is 19.5 Å². The van der Waals surface area contributed by atoms with Crippen molar-refractivity contribution in [3.8, 4) is 0 Å². The highest BCUT2D eigenvalue weighted by Crippen LogP contribution is 2.26. The maximum absolute atomic E-state index is 13.2. The SMILES string of the molecule is Cn1c(N2CC[C@H](O)C2)nc2cc(C(=O)N3CCCN(Cc4cccs4)CC3)ccc21. The van der Waals surface area contributed by atoms with E-state index < -0.39 is 0 Å². The Morgan fingerprint density at radius 2 is 2.10 bits per heavy atom. The largest absolute Gasteiger partial charge is 0.391 e. The monoisotopic (exact) mass is 439 g/mol. The zero-order valence-corrected chi connectivity index (χ0v) is 18.7. The number of anilines is 1. The van der Waals surface area contributed by atoms with Crippen molar-refractivity contribution in [3.63, 3.8) is 0 Å². The zero-order valence-electron chi connectivity index (χ0n) is 17.9. The molecule has 31 heavy (non-hydrogen) atoms. The van der Waals surface area contributed by atoms with Gasteiger partial charge in [-0.2, -0.15) is 0 Å². The van der Waals surface area contributed by atoms with E-state index in [0.29, 0.717) is 12.1 Å². The molecule has 4 heterocycles. The fourth-order valence-corrected chi connectivity index (χ4v) is 5.41.